The minimum atomic E-state index is -0.171. The van der Waals surface area contributed by atoms with E-state index in [1.807, 2.05) is 6.92 Å². The van der Waals surface area contributed by atoms with E-state index in [2.05, 4.69) is 24.0 Å². The summed E-state index contributed by atoms with van der Waals surface area (Å²) in [5, 5.41) is 4.01. The second-order valence-corrected chi connectivity index (χ2v) is 4.05. The SMILES string of the molecule is CCCC(CCC)c1noc([C@H](C)N)n1. The fraction of sp³-hybridized carbons (Fsp3) is 0.818. The van der Waals surface area contributed by atoms with Gasteiger partial charge in [0.2, 0.25) is 5.89 Å². The van der Waals surface area contributed by atoms with Crippen molar-refractivity contribution in [1.82, 2.24) is 10.1 Å². The quantitative estimate of drug-likeness (QED) is 0.785. The van der Waals surface area contributed by atoms with Gasteiger partial charge in [0.05, 0.1) is 6.04 Å². The molecule has 4 nitrogen and oxygen atoms in total. The molecule has 1 atom stereocenters. The van der Waals surface area contributed by atoms with Gasteiger partial charge in [-0.3, -0.25) is 0 Å². The molecule has 0 saturated carbocycles. The molecule has 0 unspecified atom stereocenters. The van der Waals surface area contributed by atoms with Gasteiger partial charge in [-0.05, 0) is 19.8 Å². The largest absolute Gasteiger partial charge is 0.338 e. The molecular formula is C11H21N3O. The molecule has 0 aliphatic rings. The summed E-state index contributed by atoms with van der Waals surface area (Å²) in [6.07, 6.45) is 4.52. The molecule has 2 N–H and O–H groups in total. The Morgan fingerprint density at radius 1 is 1.27 bits per heavy atom. The van der Waals surface area contributed by atoms with Crippen molar-refractivity contribution in [1.29, 1.82) is 0 Å². The molecule has 86 valence electrons. The highest BCUT2D eigenvalue weighted by Crippen LogP contribution is 2.24. The summed E-state index contributed by atoms with van der Waals surface area (Å²) in [6, 6.07) is -0.171. The smallest absolute Gasteiger partial charge is 0.243 e. The van der Waals surface area contributed by atoms with Crippen LogP contribution in [0, 0.1) is 0 Å². The molecule has 4 heteroatoms. The first-order valence-corrected chi connectivity index (χ1v) is 5.78. The molecule has 1 aromatic rings. The standard InChI is InChI=1S/C11H21N3O/c1-4-6-9(7-5-2)10-13-11(8(3)12)15-14-10/h8-9H,4-7,12H2,1-3H3/t8-/m0/s1. The minimum absolute atomic E-state index is 0.171. The van der Waals surface area contributed by atoms with Crippen LogP contribution < -0.4 is 5.73 Å². The maximum absolute atomic E-state index is 5.68. The van der Waals surface area contributed by atoms with E-state index in [1.54, 1.807) is 0 Å². The zero-order chi connectivity index (χ0) is 11.3. The van der Waals surface area contributed by atoms with Gasteiger partial charge in [0.25, 0.3) is 0 Å². The first kappa shape index (κ1) is 12.2. The fourth-order valence-corrected chi connectivity index (χ4v) is 1.70. The average Bonchev–Trinajstić information content (AvgIpc) is 2.66. The Hall–Kier alpha value is -0.900. The monoisotopic (exact) mass is 211 g/mol. The summed E-state index contributed by atoms with van der Waals surface area (Å²) in [7, 11) is 0. The average molecular weight is 211 g/mol. The molecule has 0 fully saturated rings. The maximum Gasteiger partial charge on any atom is 0.243 e. The number of hydrogen-bond acceptors (Lipinski definition) is 4. The van der Waals surface area contributed by atoms with Crippen LogP contribution in [-0.2, 0) is 0 Å². The topological polar surface area (TPSA) is 64.9 Å². The van der Waals surface area contributed by atoms with Gasteiger partial charge in [0.1, 0.15) is 0 Å². The summed E-state index contributed by atoms with van der Waals surface area (Å²) in [4.78, 5) is 4.34. The molecule has 0 saturated heterocycles. The van der Waals surface area contributed by atoms with Gasteiger partial charge >= 0.3 is 0 Å². The first-order chi connectivity index (χ1) is 7.19. The highest BCUT2D eigenvalue weighted by Gasteiger charge is 2.18. The second kappa shape index (κ2) is 5.85. The van der Waals surface area contributed by atoms with Crippen molar-refractivity contribution < 1.29 is 4.52 Å². The van der Waals surface area contributed by atoms with Gasteiger partial charge in [-0.1, -0.05) is 31.8 Å². The minimum Gasteiger partial charge on any atom is -0.338 e. The summed E-state index contributed by atoms with van der Waals surface area (Å²) in [6.45, 7) is 6.20. The number of rotatable bonds is 6. The van der Waals surface area contributed by atoms with E-state index >= 15 is 0 Å². The molecule has 1 aromatic heterocycles. The van der Waals surface area contributed by atoms with E-state index < -0.39 is 0 Å². The molecule has 0 aliphatic carbocycles. The zero-order valence-corrected chi connectivity index (χ0v) is 9.86. The van der Waals surface area contributed by atoms with Crippen molar-refractivity contribution in [3.05, 3.63) is 11.7 Å². The van der Waals surface area contributed by atoms with Gasteiger partial charge in [-0.15, -0.1) is 0 Å². The Morgan fingerprint density at radius 2 is 1.87 bits per heavy atom. The van der Waals surface area contributed by atoms with Crippen molar-refractivity contribution in [2.45, 2.75) is 58.4 Å². The van der Waals surface area contributed by atoms with Crippen molar-refractivity contribution in [2.24, 2.45) is 5.73 Å². The first-order valence-electron chi connectivity index (χ1n) is 5.78. The molecule has 0 bridgehead atoms. The molecule has 1 rings (SSSR count). The molecule has 0 aliphatic heterocycles. The Morgan fingerprint density at radius 3 is 2.27 bits per heavy atom. The Kier molecular flexibility index (Phi) is 4.75. The fourth-order valence-electron chi connectivity index (χ4n) is 1.70. The zero-order valence-electron chi connectivity index (χ0n) is 9.86. The van der Waals surface area contributed by atoms with Crippen LogP contribution >= 0.6 is 0 Å². The van der Waals surface area contributed by atoms with E-state index in [-0.39, 0.29) is 6.04 Å². The van der Waals surface area contributed by atoms with E-state index in [0.29, 0.717) is 11.8 Å². The summed E-state index contributed by atoms with van der Waals surface area (Å²) < 4.78 is 5.11. The van der Waals surface area contributed by atoms with Crippen LogP contribution in [0.3, 0.4) is 0 Å². The lowest BCUT2D eigenvalue weighted by Gasteiger charge is -2.09. The molecule has 1 heterocycles. The Bertz CT molecular complexity index is 277. The highest BCUT2D eigenvalue weighted by molar-refractivity contribution is 4.97. The molecular weight excluding hydrogens is 190 g/mol. The van der Waals surface area contributed by atoms with Crippen LogP contribution in [-0.4, -0.2) is 10.1 Å². The van der Waals surface area contributed by atoms with Crippen LogP contribution in [0.1, 0.15) is 70.1 Å². The summed E-state index contributed by atoms with van der Waals surface area (Å²) in [5.41, 5.74) is 5.68. The van der Waals surface area contributed by atoms with Gasteiger partial charge in [0.15, 0.2) is 5.82 Å². The van der Waals surface area contributed by atoms with Crippen molar-refractivity contribution in [2.75, 3.05) is 0 Å². The lowest BCUT2D eigenvalue weighted by molar-refractivity contribution is 0.352. The Labute approximate surface area is 91.2 Å². The van der Waals surface area contributed by atoms with Crippen LogP contribution in [0.2, 0.25) is 0 Å². The number of nitrogens with two attached hydrogens (primary N) is 1. The van der Waals surface area contributed by atoms with E-state index in [0.717, 1.165) is 31.5 Å². The van der Waals surface area contributed by atoms with Crippen LogP contribution in [0.15, 0.2) is 4.52 Å². The predicted octanol–water partition coefficient (Wildman–Crippen LogP) is 2.77. The third-order valence-electron chi connectivity index (χ3n) is 2.49. The van der Waals surface area contributed by atoms with Crippen molar-refractivity contribution in [3.63, 3.8) is 0 Å². The second-order valence-electron chi connectivity index (χ2n) is 4.05. The van der Waals surface area contributed by atoms with E-state index in [1.165, 1.54) is 0 Å². The highest BCUT2D eigenvalue weighted by atomic mass is 16.5. The van der Waals surface area contributed by atoms with Crippen LogP contribution in [0.25, 0.3) is 0 Å². The number of hydrogen-bond donors (Lipinski definition) is 1. The van der Waals surface area contributed by atoms with Gasteiger partial charge in [0, 0.05) is 5.92 Å². The molecule has 0 aromatic carbocycles. The maximum atomic E-state index is 5.68. The van der Waals surface area contributed by atoms with Crippen molar-refractivity contribution >= 4 is 0 Å². The summed E-state index contributed by atoms with van der Waals surface area (Å²) in [5.74, 6) is 1.80. The van der Waals surface area contributed by atoms with Gasteiger partial charge in [-0.25, -0.2) is 0 Å². The van der Waals surface area contributed by atoms with Gasteiger partial charge in [-0.2, -0.15) is 4.98 Å². The van der Waals surface area contributed by atoms with E-state index in [9.17, 15) is 0 Å². The lowest BCUT2D eigenvalue weighted by Crippen LogP contribution is -2.06. The van der Waals surface area contributed by atoms with Crippen LogP contribution in [0.5, 0.6) is 0 Å². The van der Waals surface area contributed by atoms with E-state index in [4.69, 9.17) is 10.3 Å². The summed E-state index contributed by atoms with van der Waals surface area (Å²) >= 11 is 0. The lowest BCUT2D eigenvalue weighted by atomic mass is 9.98. The van der Waals surface area contributed by atoms with Crippen LogP contribution in [0.4, 0.5) is 0 Å². The van der Waals surface area contributed by atoms with Gasteiger partial charge < -0.3 is 10.3 Å². The molecule has 0 spiro atoms. The van der Waals surface area contributed by atoms with Crippen molar-refractivity contribution in [3.8, 4) is 0 Å². The third kappa shape index (κ3) is 3.30. The number of aromatic nitrogens is 2. The number of nitrogens with zero attached hydrogens (tertiary/aromatic N) is 2. The normalized spacial score (nSPS) is 13.4. The molecule has 0 amide bonds. The molecule has 15 heavy (non-hydrogen) atoms. The predicted molar refractivity (Wildman–Crippen MR) is 59.5 cm³/mol. The Balaban J connectivity index is 2.72. The molecule has 0 radical (unpaired) electrons. The third-order valence-corrected chi connectivity index (χ3v) is 2.49.